The zero-order valence-corrected chi connectivity index (χ0v) is 10.2. The highest BCUT2D eigenvalue weighted by Gasteiger charge is 2.11. The van der Waals surface area contributed by atoms with Crippen LogP contribution in [0.3, 0.4) is 0 Å². The van der Waals surface area contributed by atoms with E-state index in [2.05, 4.69) is 11.2 Å². The first-order valence-corrected chi connectivity index (χ1v) is 5.53. The molecular weight excluding hydrogens is 230 g/mol. The Morgan fingerprint density at radius 2 is 2.11 bits per heavy atom. The maximum atomic E-state index is 11.5. The van der Waals surface area contributed by atoms with Crippen molar-refractivity contribution in [3.8, 4) is 12.3 Å². The van der Waals surface area contributed by atoms with Crippen LogP contribution in [0.15, 0.2) is 42.3 Å². The van der Waals surface area contributed by atoms with E-state index in [4.69, 9.17) is 15.9 Å². The highest BCUT2D eigenvalue weighted by atomic mass is 16.6. The van der Waals surface area contributed by atoms with Crippen molar-refractivity contribution >= 4 is 11.7 Å². The highest BCUT2D eigenvalue weighted by Crippen LogP contribution is 2.07. The first kappa shape index (κ1) is 13.7. The van der Waals surface area contributed by atoms with Crippen molar-refractivity contribution in [2.45, 2.75) is 6.92 Å². The monoisotopic (exact) mass is 245 g/mol. The number of nitrogens with one attached hydrogen (secondary N) is 1. The van der Waals surface area contributed by atoms with Crippen molar-refractivity contribution in [2.75, 3.05) is 18.5 Å². The molecule has 0 unspecified atom stereocenters. The number of carbonyl (C=O) groups excluding carboxylic acids is 1. The molecule has 0 spiro atoms. The molecule has 0 amide bonds. The van der Waals surface area contributed by atoms with Crippen molar-refractivity contribution in [2.24, 2.45) is 0 Å². The zero-order chi connectivity index (χ0) is 13.2. The SMILES string of the molecule is C#CCO/C(=C/Nc1ccccc1)C(=O)OCC. The fraction of sp³-hybridized carbons (Fsp3) is 0.214. The maximum Gasteiger partial charge on any atom is 0.375 e. The summed E-state index contributed by atoms with van der Waals surface area (Å²) in [6.45, 7) is 2.02. The largest absolute Gasteiger partial charge is 0.472 e. The lowest BCUT2D eigenvalue weighted by Gasteiger charge is -2.08. The number of ether oxygens (including phenoxy) is 2. The summed E-state index contributed by atoms with van der Waals surface area (Å²) in [5.74, 6) is 1.80. The summed E-state index contributed by atoms with van der Waals surface area (Å²) >= 11 is 0. The number of anilines is 1. The van der Waals surface area contributed by atoms with Crippen LogP contribution in [0.4, 0.5) is 5.69 Å². The first-order valence-electron chi connectivity index (χ1n) is 5.53. The second-order valence-electron chi connectivity index (χ2n) is 3.23. The molecule has 94 valence electrons. The number of para-hydroxylation sites is 1. The Hall–Kier alpha value is -2.41. The number of hydrogen-bond donors (Lipinski definition) is 1. The molecule has 0 bridgehead atoms. The van der Waals surface area contributed by atoms with Gasteiger partial charge in [0.25, 0.3) is 0 Å². The summed E-state index contributed by atoms with van der Waals surface area (Å²) in [6.07, 6.45) is 6.52. The summed E-state index contributed by atoms with van der Waals surface area (Å²) in [5.41, 5.74) is 0.837. The molecule has 0 aliphatic carbocycles. The number of terminal acetylenes is 1. The smallest absolute Gasteiger partial charge is 0.375 e. The minimum atomic E-state index is -0.545. The fourth-order valence-electron chi connectivity index (χ4n) is 1.16. The number of esters is 1. The Labute approximate surface area is 107 Å². The molecule has 1 N–H and O–H groups in total. The van der Waals surface area contributed by atoms with Crippen LogP contribution in [0.2, 0.25) is 0 Å². The number of hydrogen-bond acceptors (Lipinski definition) is 4. The third-order valence-electron chi connectivity index (χ3n) is 1.93. The van der Waals surface area contributed by atoms with Crippen molar-refractivity contribution in [3.63, 3.8) is 0 Å². The maximum absolute atomic E-state index is 11.5. The summed E-state index contributed by atoms with van der Waals surface area (Å²) < 4.78 is 9.96. The molecule has 0 atom stereocenters. The molecule has 1 aromatic rings. The molecule has 4 heteroatoms. The molecule has 0 radical (unpaired) electrons. The third kappa shape index (κ3) is 4.62. The Morgan fingerprint density at radius 1 is 1.39 bits per heavy atom. The molecule has 0 fully saturated rings. The molecule has 18 heavy (non-hydrogen) atoms. The van der Waals surface area contributed by atoms with E-state index in [9.17, 15) is 4.79 Å². The predicted molar refractivity (Wildman–Crippen MR) is 69.6 cm³/mol. The predicted octanol–water partition coefficient (Wildman–Crippen LogP) is 2.15. The molecule has 0 aromatic heterocycles. The summed E-state index contributed by atoms with van der Waals surface area (Å²) in [4.78, 5) is 11.5. The van der Waals surface area contributed by atoms with Gasteiger partial charge in [0.1, 0.15) is 6.61 Å². The molecule has 4 nitrogen and oxygen atoms in total. The van der Waals surface area contributed by atoms with Gasteiger partial charge in [-0.15, -0.1) is 6.42 Å². The van der Waals surface area contributed by atoms with Gasteiger partial charge in [-0.1, -0.05) is 24.1 Å². The van der Waals surface area contributed by atoms with Crippen molar-refractivity contribution in [3.05, 3.63) is 42.3 Å². The minimum absolute atomic E-state index is 0.0150. The van der Waals surface area contributed by atoms with Crippen molar-refractivity contribution < 1.29 is 14.3 Å². The van der Waals surface area contributed by atoms with Crippen LogP contribution in [-0.2, 0) is 14.3 Å². The van der Waals surface area contributed by atoms with Gasteiger partial charge in [0.15, 0.2) is 0 Å². The van der Waals surface area contributed by atoms with Crippen LogP contribution >= 0.6 is 0 Å². The lowest BCUT2D eigenvalue weighted by molar-refractivity contribution is -0.142. The van der Waals surface area contributed by atoms with E-state index < -0.39 is 5.97 Å². The highest BCUT2D eigenvalue weighted by molar-refractivity contribution is 5.86. The first-order chi connectivity index (χ1) is 8.77. The van der Waals surface area contributed by atoms with Gasteiger partial charge in [-0.25, -0.2) is 4.79 Å². The molecule has 0 saturated carbocycles. The minimum Gasteiger partial charge on any atom is -0.472 e. The fourth-order valence-corrected chi connectivity index (χ4v) is 1.16. The molecule has 0 heterocycles. The summed E-state index contributed by atoms with van der Waals surface area (Å²) in [5, 5.41) is 2.94. The number of carbonyl (C=O) groups is 1. The summed E-state index contributed by atoms with van der Waals surface area (Å²) in [6, 6.07) is 9.38. The molecule has 1 rings (SSSR count). The van der Waals surface area contributed by atoms with Crippen LogP contribution in [0, 0.1) is 12.3 Å². The van der Waals surface area contributed by atoms with Gasteiger partial charge in [0.05, 0.1) is 12.8 Å². The Morgan fingerprint density at radius 3 is 2.72 bits per heavy atom. The van der Waals surface area contributed by atoms with Gasteiger partial charge in [0, 0.05) is 5.69 Å². The van der Waals surface area contributed by atoms with E-state index in [0.717, 1.165) is 5.69 Å². The van der Waals surface area contributed by atoms with Gasteiger partial charge in [0.2, 0.25) is 5.76 Å². The van der Waals surface area contributed by atoms with E-state index in [-0.39, 0.29) is 19.0 Å². The van der Waals surface area contributed by atoms with Gasteiger partial charge < -0.3 is 14.8 Å². The van der Waals surface area contributed by atoms with Gasteiger partial charge in [-0.2, -0.15) is 0 Å². The van der Waals surface area contributed by atoms with Crippen LogP contribution < -0.4 is 5.32 Å². The zero-order valence-electron chi connectivity index (χ0n) is 10.2. The molecule has 0 saturated heterocycles. The van der Waals surface area contributed by atoms with E-state index in [1.54, 1.807) is 6.92 Å². The van der Waals surface area contributed by atoms with Gasteiger partial charge in [-0.05, 0) is 19.1 Å². The molecule has 0 aliphatic heterocycles. The third-order valence-corrected chi connectivity index (χ3v) is 1.93. The van der Waals surface area contributed by atoms with E-state index in [1.807, 2.05) is 30.3 Å². The Kier molecular flexibility index (Phi) is 5.91. The average molecular weight is 245 g/mol. The Balaban J connectivity index is 2.70. The molecule has 0 aliphatic rings. The standard InChI is InChI=1S/C14H15NO3/c1-3-10-18-13(14(16)17-4-2)11-15-12-8-6-5-7-9-12/h1,5-9,11,15H,4,10H2,2H3/b13-11+. The number of benzene rings is 1. The topological polar surface area (TPSA) is 47.6 Å². The summed E-state index contributed by atoms with van der Waals surface area (Å²) in [7, 11) is 0. The van der Waals surface area contributed by atoms with Crippen LogP contribution in [-0.4, -0.2) is 19.2 Å². The van der Waals surface area contributed by atoms with Crippen LogP contribution in [0.25, 0.3) is 0 Å². The Bertz CT molecular complexity index is 446. The van der Waals surface area contributed by atoms with E-state index in [1.165, 1.54) is 6.20 Å². The van der Waals surface area contributed by atoms with E-state index in [0.29, 0.717) is 0 Å². The quantitative estimate of drug-likeness (QED) is 0.361. The second-order valence-corrected chi connectivity index (χ2v) is 3.23. The van der Waals surface area contributed by atoms with Crippen molar-refractivity contribution in [1.29, 1.82) is 0 Å². The lowest BCUT2D eigenvalue weighted by atomic mass is 10.3. The van der Waals surface area contributed by atoms with Crippen LogP contribution in [0.1, 0.15) is 6.92 Å². The van der Waals surface area contributed by atoms with Crippen LogP contribution in [0.5, 0.6) is 0 Å². The average Bonchev–Trinajstić information content (AvgIpc) is 2.40. The second kappa shape index (κ2) is 7.80. The van der Waals surface area contributed by atoms with Gasteiger partial charge >= 0.3 is 5.97 Å². The molecular formula is C14H15NO3. The van der Waals surface area contributed by atoms with Gasteiger partial charge in [-0.3, -0.25) is 0 Å². The van der Waals surface area contributed by atoms with Crippen molar-refractivity contribution in [1.82, 2.24) is 0 Å². The lowest BCUT2D eigenvalue weighted by Crippen LogP contribution is -2.12. The molecule has 1 aromatic carbocycles. The number of rotatable bonds is 6. The van der Waals surface area contributed by atoms with E-state index >= 15 is 0 Å². The normalized spacial score (nSPS) is 10.3.